The number of benzene rings is 1. The van der Waals surface area contributed by atoms with Gasteiger partial charge in [-0.25, -0.2) is 0 Å². The van der Waals surface area contributed by atoms with Gasteiger partial charge in [0, 0.05) is 0 Å². The van der Waals surface area contributed by atoms with E-state index in [4.69, 9.17) is 14.2 Å². The Hall–Kier alpha value is -2.04. The second-order valence-corrected chi connectivity index (χ2v) is 25.2. The fraction of sp³-hybridized carbons (Fsp3) is 0.480. The third kappa shape index (κ3) is 4.59. The number of Topliss-reactive ketones (excluding diaryl/α,β-unsaturated/α-hetero) is 2. The van der Waals surface area contributed by atoms with Crippen molar-refractivity contribution in [2.75, 3.05) is 26.4 Å². The van der Waals surface area contributed by atoms with Gasteiger partial charge in [0.25, 0.3) is 0 Å². The van der Waals surface area contributed by atoms with Crippen LogP contribution in [-0.2, 0) is 23.8 Å². The first-order valence-corrected chi connectivity index (χ1v) is 21.3. The molecule has 9 heteroatoms. The quantitative estimate of drug-likeness (QED) is 0.501. The molecular formula is C25H30FNO6Sn. The van der Waals surface area contributed by atoms with Crippen LogP contribution < -0.4 is 3.58 Å². The molecule has 0 atom stereocenters. The number of ketones is 2. The Balaban J connectivity index is 1.97. The zero-order chi connectivity index (χ0) is 25.0. The molecule has 0 N–H and O–H groups in total. The van der Waals surface area contributed by atoms with Gasteiger partial charge in [0.1, 0.15) is 0 Å². The molecule has 1 aromatic rings. The summed E-state index contributed by atoms with van der Waals surface area (Å²) in [7, 11) is 0. The van der Waals surface area contributed by atoms with Gasteiger partial charge >= 0.3 is 203 Å². The molecule has 3 aliphatic rings. The molecule has 0 bridgehead atoms. The minimum atomic E-state index is -2.87. The van der Waals surface area contributed by atoms with Crippen molar-refractivity contribution >= 4 is 39.6 Å². The number of hydrogen-bond acceptors (Lipinski definition) is 6. The van der Waals surface area contributed by atoms with Crippen molar-refractivity contribution in [2.45, 2.75) is 47.1 Å². The Labute approximate surface area is 202 Å². The molecule has 0 aromatic heterocycles. The zero-order valence-corrected chi connectivity index (χ0v) is 23.3. The van der Waals surface area contributed by atoms with Gasteiger partial charge in [-0.1, -0.05) is 0 Å². The van der Waals surface area contributed by atoms with Gasteiger partial charge < -0.3 is 0 Å². The summed E-state index contributed by atoms with van der Waals surface area (Å²) in [5, 5.41) is 0. The average molecular weight is 578 g/mol. The Morgan fingerprint density at radius 1 is 1.00 bits per heavy atom. The van der Waals surface area contributed by atoms with Gasteiger partial charge in [0.2, 0.25) is 0 Å². The summed E-state index contributed by atoms with van der Waals surface area (Å²) in [5.74, 6) is -1.60. The van der Waals surface area contributed by atoms with Gasteiger partial charge in [-0.05, 0) is 0 Å². The fourth-order valence-corrected chi connectivity index (χ4v) is 8.60. The van der Waals surface area contributed by atoms with Gasteiger partial charge in [-0.3, -0.25) is 0 Å². The molecule has 34 heavy (non-hydrogen) atoms. The first-order chi connectivity index (χ1) is 15.8. The van der Waals surface area contributed by atoms with Gasteiger partial charge in [0.15, 0.2) is 0 Å². The number of amides is 1. The SMILES string of the molecule is CC(C)(C)OC(=O)N1C2=C(C(=O)COC2)C(c2ccc(F)[c]([Sn]([CH3])([CH3])[CH3])c2)C2=C1COCC2=O. The van der Waals surface area contributed by atoms with Crippen LogP contribution in [-0.4, -0.2) is 73.0 Å². The summed E-state index contributed by atoms with van der Waals surface area (Å²) in [4.78, 5) is 47.3. The standard InChI is InChI=1S/C22H21FNO6.3CH3.Sn/c1-22(2,3)30-21(27)24-14-8-28-10-16(25)19(14)18(12-4-6-13(23)7-5-12)20-15(24)9-29-11-17(20)26;;;;/h4-6,18H,8-11H2,1-3H3;3*1H3;. The number of ether oxygens (including phenoxy) is 3. The van der Waals surface area contributed by atoms with Crippen LogP contribution in [0.25, 0.3) is 0 Å². The molecular weight excluding hydrogens is 548 g/mol. The van der Waals surface area contributed by atoms with E-state index in [1.807, 2.05) is 0 Å². The summed E-state index contributed by atoms with van der Waals surface area (Å²) >= 11 is -2.87. The molecule has 0 radical (unpaired) electrons. The second-order valence-electron chi connectivity index (χ2n) is 10.8. The van der Waals surface area contributed by atoms with Crippen LogP contribution in [0.1, 0.15) is 32.3 Å². The fourth-order valence-electron chi connectivity index (χ4n) is 4.60. The third-order valence-electron chi connectivity index (χ3n) is 5.99. The predicted molar refractivity (Wildman–Crippen MR) is 126 cm³/mol. The monoisotopic (exact) mass is 579 g/mol. The van der Waals surface area contributed by atoms with Crippen molar-refractivity contribution in [2.24, 2.45) is 0 Å². The summed E-state index contributed by atoms with van der Waals surface area (Å²) in [6, 6.07) is 4.85. The molecule has 1 amide bonds. The average Bonchev–Trinajstić information content (AvgIpc) is 2.71. The van der Waals surface area contributed by atoms with Crippen molar-refractivity contribution < 1.29 is 33.0 Å². The topological polar surface area (TPSA) is 82.1 Å². The van der Waals surface area contributed by atoms with E-state index in [2.05, 4.69) is 14.8 Å². The first-order valence-electron chi connectivity index (χ1n) is 11.3. The molecule has 0 saturated heterocycles. The Bertz CT molecular complexity index is 1100. The van der Waals surface area contributed by atoms with E-state index in [-0.39, 0.29) is 43.8 Å². The van der Waals surface area contributed by atoms with Crippen molar-refractivity contribution in [3.63, 3.8) is 0 Å². The summed E-state index contributed by atoms with van der Waals surface area (Å²) in [6.07, 6.45) is -0.701. The van der Waals surface area contributed by atoms with E-state index >= 15 is 0 Å². The number of carbonyl (C=O) groups is 3. The first kappa shape index (κ1) is 25.1. The molecule has 182 valence electrons. The van der Waals surface area contributed by atoms with E-state index in [1.165, 1.54) is 11.0 Å². The van der Waals surface area contributed by atoms with Crippen LogP contribution in [0.15, 0.2) is 40.7 Å². The van der Waals surface area contributed by atoms with E-state index in [9.17, 15) is 18.8 Å². The van der Waals surface area contributed by atoms with Crippen LogP contribution in [0.4, 0.5) is 9.18 Å². The molecule has 0 spiro atoms. The summed E-state index contributed by atoms with van der Waals surface area (Å²) < 4.78 is 32.0. The number of rotatable bonds is 2. The van der Waals surface area contributed by atoms with Gasteiger partial charge in [-0.2, -0.15) is 0 Å². The van der Waals surface area contributed by atoms with Gasteiger partial charge in [0.05, 0.1) is 0 Å². The molecule has 0 aliphatic carbocycles. The predicted octanol–water partition coefficient (Wildman–Crippen LogP) is 3.41. The summed E-state index contributed by atoms with van der Waals surface area (Å²) in [6.45, 7) is 4.93. The van der Waals surface area contributed by atoms with Crippen LogP contribution in [0.5, 0.6) is 0 Å². The van der Waals surface area contributed by atoms with Crippen LogP contribution in [0.2, 0.25) is 14.8 Å². The van der Waals surface area contributed by atoms with Crippen molar-refractivity contribution in [3.05, 3.63) is 52.1 Å². The number of carbonyl (C=O) groups excluding carboxylic acids is 3. The molecule has 1 aromatic carbocycles. The van der Waals surface area contributed by atoms with Crippen molar-refractivity contribution in [3.8, 4) is 0 Å². The molecule has 0 fully saturated rings. The maximum atomic E-state index is 14.8. The Kier molecular flexibility index (Phi) is 6.54. The van der Waals surface area contributed by atoms with Crippen LogP contribution in [0, 0.1) is 5.82 Å². The Morgan fingerprint density at radius 3 is 2.00 bits per heavy atom. The Morgan fingerprint density at radius 2 is 1.53 bits per heavy atom. The molecule has 0 unspecified atom stereocenters. The molecule has 3 heterocycles. The maximum absolute atomic E-state index is 14.8. The number of halogens is 1. The normalized spacial score (nSPS) is 19.9. The van der Waals surface area contributed by atoms with E-state index < -0.39 is 36.0 Å². The zero-order valence-electron chi connectivity index (χ0n) is 20.4. The number of hydrogen-bond donors (Lipinski definition) is 0. The van der Waals surface area contributed by atoms with Crippen molar-refractivity contribution in [1.29, 1.82) is 0 Å². The van der Waals surface area contributed by atoms with E-state index in [0.717, 1.165) is 0 Å². The van der Waals surface area contributed by atoms with Crippen LogP contribution in [0.3, 0.4) is 0 Å². The van der Waals surface area contributed by atoms with E-state index in [1.54, 1.807) is 32.9 Å². The molecule has 0 saturated carbocycles. The van der Waals surface area contributed by atoms with E-state index in [0.29, 0.717) is 31.7 Å². The third-order valence-corrected chi connectivity index (χ3v) is 11.7. The van der Waals surface area contributed by atoms with Crippen molar-refractivity contribution in [1.82, 2.24) is 4.90 Å². The molecule has 4 rings (SSSR count). The second kappa shape index (κ2) is 8.87. The van der Waals surface area contributed by atoms with Gasteiger partial charge in [-0.15, -0.1) is 0 Å². The summed E-state index contributed by atoms with van der Waals surface area (Å²) in [5.41, 5.74) is 1.22. The molecule has 7 nitrogen and oxygen atoms in total. The number of nitrogens with zero attached hydrogens (tertiary/aromatic N) is 1. The van der Waals surface area contributed by atoms with Crippen LogP contribution >= 0.6 is 0 Å². The minimum absolute atomic E-state index is 0.00827. The molecule has 3 aliphatic heterocycles.